The summed E-state index contributed by atoms with van der Waals surface area (Å²) in [5, 5.41) is 0. The van der Waals surface area contributed by atoms with Crippen molar-refractivity contribution < 1.29 is 9.59 Å². The number of pyridine rings is 1. The molecule has 0 aliphatic heterocycles. The number of Topliss-reactive ketones (excluding diaryl/α,β-unsaturated/α-hetero) is 2. The summed E-state index contributed by atoms with van der Waals surface area (Å²) in [6.45, 7) is 3.42. The molecule has 3 heteroatoms. The molecule has 1 rings (SSSR count). The predicted molar refractivity (Wildman–Crippen MR) is 57.8 cm³/mol. The second kappa shape index (κ2) is 5.39. The molecular weight excluding hydrogens is 190 g/mol. The van der Waals surface area contributed by atoms with Crippen LogP contribution in [-0.4, -0.2) is 16.6 Å². The van der Waals surface area contributed by atoms with Gasteiger partial charge in [-0.15, -0.1) is 0 Å². The molecular formula is C12H15NO2. The molecule has 0 fully saturated rings. The molecule has 1 aromatic heterocycles. The monoisotopic (exact) mass is 205 g/mol. The number of hydrogen-bond acceptors (Lipinski definition) is 3. The van der Waals surface area contributed by atoms with Gasteiger partial charge in [0.1, 0.15) is 5.78 Å². The molecule has 15 heavy (non-hydrogen) atoms. The third-order valence-electron chi connectivity index (χ3n) is 2.17. The normalized spacial score (nSPS) is 10.0. The van der Waals surface area contributed by atoms with Crippen LogP contribution < -0.4 is 0 Å². The van der Waals surface area contributed by atoms with E-state index in [0.29, 0.717) is 24.8 Å². The van der Waals surface area contributed by atoms with E-state index in [9.17, 15) is 9.59 Å². The zero-order valence-corrected chi connectivity index (χ0v) is 9.12. The Labute approximate surface area is 89.5 Å². The number of nitrogens with zero attached hydrogens (tertiary/aromatic N) is 1. The van der Waals surface area contributed by atoms with Crippen molar-refractivity contribution in [2.45, 2.75) is 33.1 Å². The van der Waals surface area contributed by atoms with Gasteiger partial charge < -0.3 is 4.79 Å². The third-order valence-corrected chi connectivity index (χ3v) is 2.17. The molecule has 0 atom stereocenters. The van der Waals surface area contributed by atoms with Crippen molar-refractivity contribution in [2.75, 3.05) is 0 Å². The molecule has 0 aliphatic carbocycles. The number of aromatic nitrogens is 1. The molecule has 0 spiro atoms. The SMILES string of the molecule is CC(=O)CCCC(=O)c1ccc(C)nc1. The fourth-order valence-electron chi connectivity index (χ4n) is 1.27. The fourth-order valence-corrected chi connectivity index (χ4v) is 1.27. The van der Waals surface area contributed by atoms with Crippen molar-refractivity contribution in [3.8, 4) is 0 Å². The average molecular weight is 205 g/mol. The Bertz CT molecular complexity index is 354. The first kappa shape index (κ1) is 11.6. The predicted octanol–water partition coefficient (Wildman–Crippen LogP) is 2.33. The lowest BCUT2D eigenvalue weighted by Crippen LogP contribution is -2.01. The zero-order valence-electron chi connectivity index (χ0n) is 9.12. The van der Waals surface area contributed by atoms with E-state index in [4.69, 9.17) is 0 Å². The molecule has 0 N–H and O–H groups in total. The molecule has 0 unspecified atom stereocenters. The van der Waals surface area contributed by atoms with Crippen LogP contribution in [0.2, 0.25) is 0 Å². The number of rotatable bonds is 5. The molecule has 3 nitrogen and oxygen atoms in total. The van der Waals surface area contributed by atoms with E-state index in [2.05, 4.69) is 4.98 Å². The van der Waals surface area contributed by atoms with Gasteiger partial charge >= 0.3 is 0 Å². The molecule has 1 aromatic rings. The van der Waals surface area contributed by atoms with Gasteiger partial charge in [0.05, 0.1) is 0 Å². The molecule has 80 valence electrons. The minimum atomic E-state index is 0.0590. The maximum absolute atomic E-state index is 11.6. The van der Waals surface area contributed by atoms with Gasteiger partial charge in [-0.2, -0.15) is 0 Å². The van der Waals surface area contributed by atoms with Gasteiger partial charge in [0.2, 0.25) is 0 Å². The summed E-state index contributed by atoms with van der Waals surface area (Å²) in [6, 6.07) is 3.59. The lowest BCUT2D eigenvalue weighted by Gasteiger charge is -2.00. The van der Waals surface area contributed by atoms with Gasteiger partial charge in [-0.05, 0) is 32.4 Å². The van der Waals surface area contributed by atoms with Crippen molar-refractivity contribution in [2.24, 2.45) is 0 Å². The first-order valence-electron chi connectivity index (χ1n) is 5.05. The van der Waals surface area contributed by atoms with E-state index in [-0.39, 0.29) is 11.6 Å². The van der Waals surface area contributed by atoms with Crippen LogP contribution in [0.15, 0.2) is 18.3 Å². The van der Waals surface area contributed by atoms with Gasteiger partial charge in [-0.25, -0.2) is 0 Å². The van der Waals surface area contributed by atoms with Crippen molar-refractivity contribution in [1.82, 2.24) is 4.98 Å². The van der Waals surface area contributed by atoms with E-state index in [0.717, 1.165) is 5.69 Å². The number of carbonyl (C=O) groups is 2. The van der Waals surface area contributed by atoms with Gasteiger partial charge in [0.15, 0.2) is 5.78 Å². The molecule has 1 heterocycles. The van der Waals surface area contributed by atoms with E-state index >= 15 is 0 Å². The number of carbonyl (C=O) groups excluding carboxylic acids is 2. The van der Waals surface area contributed by atoms with Gasteiger partial charge in [-0.3, -0.25) is 9.78 Å². The average Bonchev–Trinajstić information content (AvgIpc) is 2.18. The van der Waals surface area contributed by atoms with Crippen LogP contribution in [0.5, 0.6) is 0 Å². The Kier molecular flexibility index (Phi) is 4.16. The maximum Gasteiger partial charge on any atom is 0.164 e. The minimum absolute atomic E-state index is 0.0590. The van der Waals surface area contributed by atoms with Crippen LogP contribution in [0, 0.1) is 6.92 Å². The highest BCUT2D eigenvalue weighted by molar-refractivity contribution is 5.95. The Morgan fingerprint density at radius 3 is 2.53 bits per heavy atom. The Morgan fingerprint density at radius 2 is 2.00 bits per heavy atom. The summed E-state index contributed by atoms with van der Waals surface area (Å²) in [5.74, 6) is 0.189. The van der Waals surface area contributed by atoms with Crippen molar-refractivity contribution in [1.29, 1.82) is 0 Å². The van der Waals surface area contributed by atoms with Gasteiger partial charge in [0, 0.05) is 30.3 Å². The molecule has 0 aliphatic rings. The van der Waals surface area contributed by atoms with Gasteiger partial charge in [0.25, 0.3) is 0 Å². The minimum Gasteiger partial charge on any atom is -0.300 e. The Morgan fingerprint density at radius 1 is 1.27 bits per heavy atom. The lowest BCUT2D eigenvalue weighted by molar-refractivity contribution is -0.117. The van der Waals surface area contributed by atoms with Crippen molar-refractivity contribution >= 4 is 11.6 Å². The maximum atomic E-state index is 11.6. The van der Waals surface area contributed by atoms with E-state index in [1.807, 2.05) is 13.0 Å². The van der Waals surface area contributed by atoms with E-state index in [1.165, 1.54) is 6.92 Å². The fraction of sp³-hybridized carbons (Fsp3) is 0.417. The summed E-state index contributed by atoms with van der Waals surface area (Å²) in [7, 11) is 0. The third kappa shape index (κ3) is 4.02. The van der Waals surface area contributed by atoms with Crippen molar-refractivity contribution in [3.05, 3.63) is 29.6 Å². The summed E-state index contributed by atoms with van der Waals surface area (Å²) >= 11 is 0. The second-order valence-corrected chi connectivity index (χ2v) is 3.67. The zero-order chi connectivity index (χ0) is 11.3. The smallest absolute Gasteiger partial charge is 0.164 e. The highest BCUT2D eigenvalue weighted by Crippen LogP contribution is 2.06. The van der Waals surface area contributed by atoms with Crippen molar-refractivity contribution in [3.63, 3.8) is 0 Å². The number of hydrogen-bond donors (Lipinski definition) is 0. The highest BCUT2D eigenvalue weighted by Gasteiger charge is 2.06. The Balaban J connectivity index is 2.47. The number of aryl methyl sites for hydroxylation is 1. The first-order valence-corrected chi connectivity index (χ1v) is 5.05. The largest absolute Gasteiger partial charge is 0.300 e. The van der Waals surface area contributed by atoms with Crippen LogP contribution in [0.4, 0.5) is 0 Å². The molecule has 0 radical (unpaired) electrons. The van der Waals surface area contributed by atoms with E-state index < -0.39 is 0 Å². The van der Waals surface area contributed by atoms with Crippen LogP contribution in [0.25, 0.3) is 0 Å². The molecule has 0 bridgehead atoms. The Hall–Kier alpha value is -1.51. The van der Waals surface area contributed by atoms with Crippen LogP contribution in [-0.2, 0) is 4.79 Å². The van der Waals surface area contributed by atoms with Crippen LogP contribution in [0.1, 0.15) is 42.2 Å². The quantitative estimate of drug-likeness (QED) is 0.693. The second-order valence-electron chi connectivity index (χ2n) is 3.67. The summed E-state index contributed by atoms with van der Waals surface area (Å²) in [4.78, 5) is 26.3. The molecule has 0 saturated carbocycles. The number of ketones is 2. The molecule has 0 saturated heterocycles. The molecule has 0 amide bonds. The van der Waals surface area contributed by atoms with Gasteiger partial charge in [-0.1, -0.05) is 0 Å². The molecule has 0 aromatic carbocycles. The first-order chi connectivity index (χ1) is 7.09. The topological polar surface area (TPSA) is 47.0 Å². The lowest BCUT2D eigenvalue weighted by atomic mass is 10.1. The summed E-state index contributed by atoms with van der Waals surface area (Å²) in [6.07, 6.45) is 3.11. The van der Waals surface area contributed by atoms with Crippen LogP contribution in [0.3, 0.4) is 0 Å². The van der Waals surface area contributed by atoms with Crippen LogP contribution >= 0.6 is 0 Å². The highest BCUT2D eigenvalue weighted by atomic mass is 16.1. The summed E-state index contributed by atoms with van der Waals surface area (Å²) < 4.78 is 0. The summed E-state index contributed by atoms with van der Waals surface area (Å²) in [5.41, 5.74) is 1.53. The van der Waals surface area contributed by atoms with E-state index in [1.54, 1.807) is 12.3 Å². The standard InChI is InChI=1S/C12H15NO2/c1-9-6-7-11(8-13-9)12(15)5-3-4-10(2)14/h6-8H,3-5H2,1-2H3.